The molecule has 0 saturated heterocycles. The van der Waals surface area contributed by atoms with Gasteiger partial charge >= 0.3 is 0 Å². The SMILES string of the molecule is CC1Cc2cc(C3(CN)CCCC3)cc(Cl)c2O1. The van der Waals surface area contributed by atoms with E-state index in [0.29, 0.717) is 0 Å². The Kier molecular flexibility index (Phi) is 3.03. The van der Waals surface area contributed by atoms with Crippen LogP contribution in [0.5, 0.6) is 5.75 Å². The van der Waals surface area contributed by atoms with Crippen LogP contribution >= 0.6 is 11.6 Å². The van der Waals surface area contributed by atoms with E-state index in [0.717, 1.165) is 23.7 Å². The van der Waals surface area contributed by atoms with Crippen LogP contribution in [0.2, 0.25) is 5.02 Å². The predicted molar refractivity (Wildman–Crippen MR) is 74.4 cm³/mol. The number of hydrogen-bond acceptors (Lipinski definition) is 2. The molecule has 1 aromatic rings. The Hall–Kier alpha value is -0.730. The monoisotopic (exact) mass is 265 g/mol. The average molecular weight is 266 g/mol. The lowest BCUT2D eigenvalue weighted by Gasteiger charge is -2.28. The summed E-state index contributed by atoms with van der Waals surface area (Å²) in [5.74, 6) is 0.887. The maximum absolute atomic E-state index is 6.37. The minimum Gasteiger partial charge on any atom is -0.489 e. The molecule has 2 nitrogen and oxygen atoms in total. The molecule has 1 fully saturated rings. The zero-order valence-corrected chi connectivity index (χ0v) is 11.6. The molecule has 1 heterocycles. The van der Waals surface area contributed by atoms with Crippen molar-refractivity contribution < 1.29 is 4.74 Å². The molecule has 1 unspecified atom stereocenters. The van der Waals surface area contributed by atoms with Crippen molar-refractivity contribution in [2.45, 2.75) is 50.5 Å². The normalized spacial score (nSPS) is 24.9. The summed E-state index contributed by atoms with van der Waals surface area (Å²) in [6.07, 6.45) is 6.13. The molecule has 3 rings (SSSR count). The zero-order valence-electron chi connectivity index (χ0n) is 10.8. The van der Waals surface area contributed by atoms with Crippen molar-refractivity contribution in [2.24, 2.45) is 5.73 Å². The Labute approximate surface area is 113 Å². The number of benzene rings is 1. The van der Waals surface area contributed by atoms with Crippen molar-refractivity contribution in [2.75, 3.05) is 6.54 Å². The fourth-order valence-electron chi connectivity index (χ4n) is 3.46. The molecule has 2 N–H and O–H groups in total. The number of hydrogen-bond donors (Lipinski definition) is 1. The molecular weight excluding hydrogens is 246 g/mol. The average Bonchev–Trinajstić information content (AvgIpc) is 2.95. The molecule has 1 aromatic carbocycles. The number of ether oxygens (including phenoxy) is 1. The lowest BCUT2D eigenvalue weighted by molar-refractivity contribution is 0.255. The van der Waals surface area contributed by atoms with E-state index in [2.05, 4.69) is 19.1 Å². The van der Waals surface area contributed by atoms with Crippen LogP contribution in [-0.2, 0) is 11.8 Å². The second-order valence-electron chi connectivity index (χ2n) is 5.77. The van der Waals surface area contributed by atoms with Crippen LogP contribution in [-0.4, -0.2) is 12.6 Å². The van der Waals surface area contributed by atoms with Crippen molar-refractivity contribution in [1.29, 1.82) is 0 Å². The first-order valence-electron chi connectivity index (χ1n) is 6.84. The van der Waals surface area contributed by atoms with Crippen LogP contribution in [0.4, 0.5) is 0 Å². The Morgan fingerprint density at radius 2 is 2.11 bits per heavy atom. The van der Waals surface area contributed by atoms with E-state index in [1.54, 1.807) is 0 Å². The Balaban J connectivity index is 2.04. The molecule has 1 atom stereocenters. The standard InChI is InChI=1S/C15H20ClNO/c1-10-6-11-7-12(8-13(16)14(11)18-10)15(9-17)4-2-3-5-15/h7-8,10H,2-6,9,17H2,1H3. The van der Waals surface area contributed by atoms with Crippen LogP contribution in [0.1, 0.15) is 43.7 Å². The molecule has 1 aliphatic carbocycles. The van der Waals surface area contributed by atoms with E-state index in [4.69, 9.17) is 22.1 Å². The highest BCUT2D eigenvalue weighted by atomic mass is 35.5. The van der Waals surface area contributed by atoms with Crippen LogP contribution < -0.4 is 10.5 Å². The van der Waals surface area contributed by atoms with Crippen LogP contribution in [0.3, 0.4) is 0 Å². The maximum atomic E-state index is 6.37. The van der Waals surface area contributed by atoms with Gasteiger partial charge in [-0.25, -0.2) is 0 Å². The van der Waals surface area contributed by atoms with Crippen molar-refractivity contribution in [1.82, 2.24) is 0 Å². The van der Waals surface area contributed by atoms with Gasteiger partial charge in [0.2, 0.25) is 0 Å². The Morgan fingerprint density at radius 3 is 2.78 bits per heavy atom. The predicted octanol–water partition coefficient (Wildman–Crippen LogP) is 3.43. The van der Waals surface area contributed by atoms with Crippen LogP contribution in [0.15, 0.2) is 12.1 Å². The molecule has 98 valence electrons. The first-order valence-corrected chi connectivity index (χ1v) is 7.22. The molecule has 0 aromatic heterocycles. The number of halogens is 1. The number of nitrogens with two attached hydrogens (primary N) is 1. The molecule has 0 amide bonds. The second kappa shape index (κ2) is 4.43. The molecule has 2 aliphatic rings. The minimum absolute atomic E-state index is 0.157. The maximum Gasteiger partial charge on any atom is 0.141 e. The summed E-state index contributed by atoms with van der Waals surface area (Å²) in [6, 6.07) is 4.36. The van der Waals surface area contributed by atoms with Gasteiger partial charge in [0, 0.05) is 18.4 Å². The first-order chi connectivity index (χ1) is 8.64. The van der Waals surface area contributed by atoms with Gasteiger partial charge in [-0.05, 0) is 37.0 Å². The molecule has 0 spiro atoms. The molecule has 0 radical (unpaired) electrons. The van der Waals surface area contributed by atoms with Gasteiger partial charge in [0.15, 0.2) is 0 Å². The zero-order chi connectivity index (χ0) is 12.8. The van der Waals surface area contributed by atoms with Gasteiger partial charge in [-0.15, -0.1) is 0 Å². The summed E-state index contributed by atoms with van der Waals surface area (Å²) in [5, 5.41) is 0.756. The van der Waals surface area contributed by atoms with Gasteiger partial charge in [-0.3, -0.25) is 0 Å². The van der Waals surface area contributed by atoms with Crippen molar-refractivity contribution >= 4 is 11.6 Å². The Morgan fingerprint density at radius 1 is 1.39 bits per heavy atom. The van der Waals surface area contributed by atoms with E-state index in [1.807, 2.05) is 0 Å². The lowest BCUT2D eigenvalue weighted by Crippen LogP contribution is -2.32. The number of rotatable bonds is 2. The fourth-order valence-corrected chi connectivity index (χ4v) is 3.74. The van der Waals surface area contributed by atoms with Crippen molar-refractivity contribution in [3.8, 4) is 5.75 Å². The summed E-state index contributed by atoms with van der Waals surface area (Å²) < 4.78 is 5.76. The molecule has 1 saturated carbocycles. The summed E-state index contributed by atoms with van der Waals surface area (Å²) >= 11 is 6.37. The summed E-state index contributed by atoms with van der Waals surface area (Å²) in [4.78, 5) is 0. The van der Waals surface area contributed by atoms with Gasteiger partial charge < -0.3 is 10.5 Å². The van der Waals surface area contributed by atoms with Gasteiger partial charge in [-0.1, -0.05) is 30.5 Å². The van der Waals surface area contributed by atoms with E-state index in [9.17, 15) is 0 Å². The van der Waals surface area contributed by atoms with Crippen molar-refractivity contribution in [3.63, 3.8) is 0 Å². The van der Waals surface area contributed by atoms with Gasteiger partial charge in [0.25, 0.3) is 0 Å². The quantitative estimate of drug-likeness (QED) is 0.889. The third-order valence-electron chi connectivity index (χ3n) is 4.51. The van der Waals surface area contributed by atoms with Crippen molar-refractivity contribution in [3.05, 3.63) is 28.3 Å². The second-order valence-corrected chi connectivity index (χ2v) is 6.18. The smallest absolute Gasteiger partial charge is 0.141 e. The van der Waals surface area contributed by atoms with Gasteiger partial charge in [0.05, 0.1) is 5.02 Å². The minimum atomic E-state index is 0.157. The van der Waals surface area contributed by atoms with Gasteiger partial charge in [0.1, 0.15) is 11.9 Å². The van der Waals surface area contributed by atoms with E-state index in [-0.39, 0.29) is 11.5 Å². The third kappa shape index (κ3) is 1.83. The van der Waals surface area contributed by atoms with E-state index >= 15 is 0 Å². The fraction of sp³-hybridized carbons (Fsp3) is 0.600. The Bertz CT molecular complexity index is 466. The highest BCUT2D eigenvalue weighted by Crippen LogP contribution is 2.45. The van der Waals surface area contributed by atoms with Crippen LogP contribution in [0.25, 0.3) is 0 Å². The highest BCUT2D eigenvalue weighted by Gasteiger charge is 2.36. The first kappa shape index (κ1) is 12.3. The molecule has 3 heteroatoms. The molecule has 18 heavy (non-hydrogen) atoms. The molecule has 0 bridgehead atoms. The third-order valence-corrected chi connectivity index (χ3v) is 4.79. The molecule has 1 aliphatic heterocycles. The van der Waals surface area contributed by atoms with E-state index in [1.165, 1.54) is 36.8 Å². The largest absolute Gasteiger partial charge is 0.489 e. The van der Waals surface area contributed by atoms with E-state index < -0.39 is 0 Å². The topological polar surface area (TPSA) is 35.2 Å². The summed E-state index contributed by atoms with van der Waals surface area (Å²) in [5.41, 5.74) is 8.78. The highest BCUT2D eigenvalue weighted by molar-refractivity contribution is 6.32. The number of fused-ring (bicyclic) bond motifs is 1. The summed E-state index contributed by atoms with van der Waals surface area (Å²) in [7, 11) is 0. The summed E-state index contributed by atoms with van der Waals surface area (Å²) in [6.45, 7) is 2.81. The van der Waals surface area contributed by atoms with Gasteiger partial charge in [-0.2, -0.15) is 0 Å². The lowest BCUT2D eigenvalue weighted by atomic mass is 9.78. The van der Waals surface area contributed by atoms with Crippen LogP contribution in [0, 0.1) is 0 Å². The molecular formula is C15H20ClNO.